The molecule has 0 radical (unpaired) electrons. The molecule has 5 nitrogen and oxygen atoms in total. The van der Waals surface area contributed by atoms with Gasteiger partial charge < -0.3 is 0 Å². The number of hydrogen-bond donors (Lipinski definition) is 2. The topological polar surface area (TPSA) is 83.5 Å². The summed E-state index contributed by atoms with van der Waals surface area (Å²) in [7, 11) is 0. The lowest BCUT2D eigenvalue weighted by atomic mass is 10.0. The van der Waals surface area contributed by atoms with Gasteiger partial charge in [0.15, 0.2) is 11.6 Å². The molecule has 1 rings (SSSR count). The number of carbonyl (C=O) groups excluding carboxylic acids is 3. The first-order valence-electron chi connectivity index (χ1n) is 3.07. The third-order valence-corrected chi connectivity index (χ3v) is 1.30. The van der Waals surface area contributed by atoms with Gasteiger partial charge in [0.1, 0.15) is 0 Å². The van der Waals surface area contributed by atoms with Gasteiger partial charge in [0.25, 0.3) is 5.91 Å². The standard InChI is InChI=1S/C7H5NO4/c9-4-1-2-6(10)5(3-4)7(11)8-12/h1-3,12H,(H,8,11). The summed E-state index contributed by atoms with van der Waals surface area (Å²) in [5.74, 6) is -2.02. The number of amides is 1. The average Bonchev–Trinajstić information content (AvgIpc) is 2.08. The monoisotopic (exact) mass is 167 g/mol. The van der Waals surface area contributed by atoms with Gasteiger partial charge in [0, 0.05) is 6.08 Å². The minimum atomic E-state index is -0.974. The summed E-state index contributed by atoms with van der Waals surface area (Å²) in [5.41, 5.74) is 0.915. The molecule has 0 bridgehead atoms. The molecule has 0 aromatic rings. The van der Waals surface area contributed by atoms with Crippen molar-refractivity contribution in [3.63, 3.8) is 0 Å². The van der Waals surface area contributed by atoms with Crippen LogP contribution in [0, 0.1) is 0 Å². The van der Waals surface area contributed by atoms with Crippen molar-refractivity contribution in [1.29, 1.82) is 0 Å². The molecule has 1 amide bonds. The molecule has 1 aliphatic rings. The molecular weight excluding hydrogens is 162 g/mol. The molecule has 2 N–H and O–H groups in total. The minimum Gasteiger partial charge on any atom is -0.290 e. The highest BCUT2D eigenvalue weighted by atomic mass is 16.5. The smallest absolute Gasteiger partial charge is 0.278 e. The Morgan fingerprint density at radius 3 is 2.58 bits per heavy atom. The summed E-state index contributed by atoms with van der Waals surface area (Å²) in [6, 6.07) is 0. The van der Waals surface area contributed by atoms with Gasteiger partial charge in [-0.1, -0.05) is 0 Å². The van der Waals surface area contributed by atoms with E-state index >= 15 is 0 Å². The van der Waals surface area contributed by atoms with E-state index in [-0.39, 0.29) is 5.57 Å². The number of ketones is 2. The van der Waals surface area contributed by atoms with Crippen LogP contribution < -0.4 is 5.48 Å². The van der Waals surface area contributed by atoms with Crippen LogP contribution in [-0.2, 0) is 14.4 Å². The minimum absolute atomic E-state index is 0.356. The fraction of sp³-hybridized carbons (Fsp3) is 0. The molecule has 0 aliphatic heterocycles. The maximum Gasteiger partial charge on any atom is 0.278 e. The van der Waals surface area contributed by atoms with Crippen molar-refractivity contribution in [2.45, 2.75) is 0 Å². The summed E-state index contributed by atoms with van der Waals surface area (Å²) < 4.78 is 0. The van der Waals surface area contributed by atoms with E-state index in [1.807, 2.05) is 0 Å². The van der Waals surface area contributed by atoms with E-state index in [0.717, 1.165) is 18.2 Å². The first-order valence-corrected chi connectivity index (χ1v) is 3.07. The number of carbonyl (C=O) groups is 3. The normalized spacial score (nSPS) is 15.9. The van der Waals surface area contributed by atoms with E-state index in [9.17, 15) is 14.4 Å². The van der Waals surface area contributed by atoms with Gasteiger partial charge in [-0.2, -0.15) is 0 Å². The van der Waals surface area contributed by atoms with Gasteiger partial charge in [0.05, 0.1) is 5.57 Å². The predicted molar refractivity (Wildman–Crippen MR) is 37.2 cm³/mol. The molecular formula is C7H5NO4. The second kappa shape index (κ2) is 3.10. The molecule has 0 fully saturated rings. The van der Waals surface area contributed by atoms with Gasteiger partial charge in [0.2, 0.25) is 0 Å². The fourth-order valence-electron chi connectivity index (χ4n) is 0.747. The van der Waals surface area contributed by atoms with E-state index in [4.69, 9.17) is 5.21 Å². The van der Waals surface area contributed by atoms with Crippen molar-refractivity contribution < 1.29 is 19.6 Å². The molecule has 62 valence electrons. The summed E-state index contributed by atoms with van der Waals surface area (Å²) in [4.78, 5) is 32.2. The largest absolute Gasteiger partial charge is 0.290 e. The Labute approximate surface area is 67.3 Å². The lowest BCUT2D eigenvalue weighted by molar-refractivity contribution is -0.128. The van der Waals surface area contributed by atoms with Gasteiger partial charge in [-0.05, 0) is 12.2 Å². The van der Waals surface area contributed by atoms with Crippen LogP contribution in [0.4, 0.5) is 0 Å². The highest BCUT2D eigenvalue weighted by Crippen LogP contribution is 2.04. The van der Waals surface area contributed by atoms with Crippen LogP contribution in [0.5, 0.6) is 0 Å². The molecule has 0 aromatic heterocycles. The number of hydroxylamine groups is 1. The van der Waals surface area contributed by atoms with E-state index in [1.165, 1.54) is 5.48 Å². The van der Waals surface area contributed by atoms with Gasteiger partial charge in [-0.15, -0.1) is 0 Å². The molecule has 0 unspecified atom stereocenters. The lowest BCUT2D eigenvalue weighted by Crippen LogP contribution is -2.26. The van der Waals surface area contributed by atoms with Crippen molar-refractivity contribution in [2.75, 3.05) is 0 Å². The average molecular weight is 167 g/mol. The van der Waals surface area contributed by atoms with Crippen molar-refractivity contribution in [3.05, 3.63) is 23.8 Å². The van der Waals surface area contributed by atoms with Crippen molar-refractivity contribution in [3.8, 4) is 0 Å². The van der Waals surface area contributed by atoms with Crippen molar-refractivity contribution in [2.24, 2.45) is 0 Å². The summed E-state index contributed by atoms with van der Waals surface area (Å²) >= 11 is 0. The third-order valence-electron chi connectivity index (χ3n) is 1.30. The molecule has 0 atom stereocenters. The first kappa shape index (κ1) is 8.35. The van der Waals surface area contributed by atoms with Crippen LogP contribution in [0.3, 0.4) is 0 Å². The Bertz CT molecular complexity index is 313. The second-order valence-electron chi connectivity index (χ2n) is 2.10. The van der Waals surface area contributed by atoms with Crippen LogP contribution in [0.2, 0.25) is 0 Å². The number of allylic oxidation sites excluding steroid dienone is 3. The molecule has 1 aliphatic carbocycles. The van der Waals surface area contributed by atoms with Gasteiger partial charge >= 0.3 is 0 Å². The molecule has 0 spiro atoms. The van der Waals surface area contributed by atoms with Gasteiger partial charge in [-0.25, -0.2) is 5.48 Å². The molecule has 0 saturated heterocycles. The maximum atomic E-state index is 10.9. The maximum absolute atomic E-state index is 10.9. The van der Waals surface area contributed by atoms with E-state index in [0.29, 0.717) is 0 Å². The highest BCUT2D eigenvalue weighted by Gasteiger charge is 2.19. The fourth-order valence-corrected chi connectivity index (χ4v) is 0.747. The summed E-state index contributed by atoms with van der Waals surface area (Å²) in [6.45, 7) is 0. The zero-order valence-electron chi connectivity index (χ0n) is 5.90. The lowest BCUT2D eigenvalue weighted by Gasteiger charge is -2.02. The molecule has 5 heteroatoms. The van der Waals surface area contributed by atoms with Crippen molar-refractivity contribution in [1.82, 2.24) is 5.48 Å². The Balaban J connectivity index is 2.96. The second-order valence-corrected chi connectivity index (χ2v) is 2.10. The third kappa shape index (κ3) is 1.46. The van der Waals surface area contributed by atoms with Crippen molar-refractivity contribution >= 4 is 17.5 Å². The molecule has 0 heterocycles. The molecule has 12 heavy (non-hydrogen) atoms. The first-order chi connectivity index (χ1) is 5.65. The van der Waals surface area contributed by atoms with Crippen LogP contribution >= 0.6 is 0 Å². The number of hydrogen-bond acceptors (Lipinski definition) is 4. The molecule has 0 aromatic carbocycles. The van der Waals surface area contributed by atoms with Crippen LogP contribution in [-0.4, -0.2) is 22.7 Å². The van der Waals surface area contributed by atoms with Crippen LogP contribution in [0.15, 0.2) is 23.8 Å². The summed E-state index contributed by atoms with van der Waals surface area (Å²) in [5, 5.41) is 8.16. The number of nitrogens with one attached hydrogen (secondary N) is 1. The summed E-state index contributed by atoms with van der Waals surface area (Å²) in [6.07, 6.45) is 2.90. The van der Waals surface area contributed by atoms with E-state index < -0.39 is 17.5 Å². The predicted octanol–water partition coefficient (Wildman–Crippen LogP) is -0.874. The number of rotatable bonds is 1. The quantitative estimate of drug-likeness (QED) is 0.230. The zero-order chi connectivity index (χ0) is 9.14. The SMILES string of the molecule is O=C1C=CC(=O)C(C(=O)NO)=C1. The van der Waals surface area contributed by atoms with E-state index in [1.54, 1.807) is 0 Å². The Morgan fingerprint density at radius 1 is 1.33 bits per heavy atom. The Hall–Kier alpha value is -1.75. The molecule has 0 saturated carbocycles. The van der Waals surface area contributed by atoms with Crippen LogP contribution in [0.1, 0.15) is 0 Å². The van der Waals surface area contributed by atoms with Gasteiger partial charge in [-0.3, -0.25) is 19.6 Å². The Kier molecular flexibility index (Phi) is 2.16. The van der Waals surface area contributed by atoms with E-state index in [2.05, 4.69) is 0 Å². The highest BCUT2D eigenvalue weighted by molar-refractivity contribution is 6.29. The van der Waals surface area contributed by atoms with Crippen LogP contribution in [0.25, 0.3) is 0 Å². The Morgan fingerprint density at radius 2 is 2.00 bits per heavy atom. The zero-order valence-corrected chi connectivity index (χ0v) is 5.90.